The Morgan fingerprint density at radius 3 is 2.62 bits per heavy atom. The minimum Gasteiger partial charge on any atom is -0.367 e. The standard InChI is InChI=1S/C24H29N7O/c1-6-19-22-10-21(27-31(22)12-16(3)25-19)20-11-23(32)30-14-18(9-15(2)24(30)26-20)29-8-7-28(5)17(4)13-29/h9-12,14,17H,6-8,13H2,1-5H3/t17-/m1/s1. The van der Waals surface area contributed by atoms with Crippen molar-refractivity contribution in [3.8, 4) is 11.4 Å². The molecular formula is C24H29N7O. The van der Waals surface area contributed by atoms with E-state index in [2.05, 4.69) is 46.8 Å². The van der Waals surface area contributed by atoms with E-state index in [4.69, 9.17) is 4.98 Å². The predicted octanol–water partition coefficient (Wildman–Crippen LogP) is 2.72. The normalized spacial score (nSPS) is 17.5. The molecule has 0 radical (unpaired) electrons. The fourth-order valence-corrected chi connectivity index (χ4v) is 4.51. The number of likely N-dealkylation sites (N-methyl/N-ethyl adjacent to an activating group) is 1. The maximum atomic E-state index is 13.1. The maximum Gasteiger partial charge on any atom is 0.258 e. The summed E-state index contributed by atoms with van der Waals surface area (Å²) in [4.78, 5) is 27.3. The highest BCUT2D eigenvalue weighted by atomic mass is 16.1. The van der Waals surface area contributed by atoms with E-state index in [-0.39, 0.29) is 5.56 Å². The molecule has 4 aromatic heterocycles. The van der Waals surface area contributed by atoms with Gasteiger partial charge in [-0.25, -0.2) is 9.50 Å². The molecule has 0 bridgehead atoms. The van der Waals surface area contributed by atoms with Crippen LogP contribution in [0.4, 0.5) is 5.69 Å². The third-order valence-electron chi connectivity index (χ3n) is 6.50. The number of pyridine rings is 1. The molecule has 0 saturated carbocycles. The van der Waals surface area contributed by atoms with E-state index in [0.29, 0.717) is 23.1 Å². The number of piperazine rings is 1. The monoisotopic (exact) mass is 431 g/mol. The van der Waals surface area contributed by atoms with Crippen LogP contribution in [0.5, 0.6) is 0 Å². The van der Waals surface area contributed by atoms with Crippen molar-refractivity contribution in [1.29, 1.82) is 0 Å². The van der Waals surface area contributed by atoms with Gasteiger partial charge in [0.2, 0.25) is 0 Å². The summed E-state index contributed by atoms with van der Waals surface area (Å²) in [7, 11) is 2.16. The second kappa shape index (κ2) is 7.70. The highest BCUT2D eigenvalue weighted by Crippen LogP contribution is 2.24. The molecule has 1 saturated heterocycles. The minimum atomic E-state index is -0.0980. The van der Waals surface area contributed by atoms with Crippen molar-refractivity contribution in [2.75, 3.05) is 31.6 Å². The SMILES string of the molecule is CCc1nc(C)cn2nc(-c3cc(=O)n4cc(N5CCN(C)[C@H](C)C5)cc(C)c4n3)cc12. The molecule has 5 heterocycles. The Labute approximate surface area is 187 Å². The molecule has 166 valence electrons. The molecule has 1 fully saturated rings. The molecule has 0 spiro atoms. The van der Waals surface area contributed by atoms with Gasteiger partial charge >= 0.3 is 0 Å². The van der Waals surface area contributed by atoms with Crippen LogP contribution in [0.1, 0.15) is 30.8 Å². The van der Waals surface area contributed by atoms with Gasteiger partial charge < -0.3 is 9.80 Å². The smallest absolute Gasteiger partial charge is 0.258 e. The molecule has 0 amide bonds. The van der Waals surface area contributed by atoms with Crippen LogP contribution in [0.2, 0.25) is 0 Å². The Morgan fingerprint density at radius 1 is 1.06 bits per heavy atom. The zero-order valence-electron chi connectivity index (χ0n) is 19.3. The summed E-state index contributed by atoms with van der Waals surface area (Å²) in [6.45, 7) is 11.2. The average molecular weight is 432 g/mol. The summed E-state index contributed by atoms with van der Waals surface area (Å²) in [5, 5.41) is 4.69. The largest absolute Gasteiger partial charge is 0.367 e. The number of nitrogens with zero attached hydrogens (tertiary/aromatic N) is 7. The molecule has 0 aromatic carbocycles. The molecular weight excluding hydrogens is 402 g/mol. The summed E-state index contributed by atoms with van der Waals surface area (Å²) in [5.74, 6) is 0. The van der Waals surface area contributed by atoms with Crippen molar-refractivity contribution in [2.24, 2.45) is 0 Å². The van der Waals surface area contributed by atoms with E-state index < -0.39 is 0 Å². The Hall–Kier alpha value is -3.26. The van der Waals surface area contributed by atoms with Gasteiger partial charge in [0.15, 0.2) is 0 Å². The quantitative estimate of drug-likeness (QED) is 0.497. The Morgan fingerprint density at radius 2 is 1.88 bits per heavy atom. The van der Waals surface area contributed by atoms with Crippen molar-refractivity contribution in [1.82, 2.24) is 28.9 Å². The molecule has 1 aliphatic heterocycles. The molecule has 32 heavy (non-hydrogen) atoms. The van der Waals surface area contributed by atoms with E-state index in [9.17, 15) is 4.79 Å². The van der Waals surface area contributed by atoms with E-state index in [1.165, 1.54) is 0 Å². The van der Waals surface area contributed by atoms with Gasteiger partial charge in [0.25, 0.3) is 5.56 Å². The highest BCUT2D eigenvalue weighted by Gasteiger charge is 2.22. The third kappa shape index (κ3) is 3.44. The third-order valence-corrected chi connectivity index (χ3v) is 6.50. The lowest BCUT2D eigenvalue weighted by molar-refractivity contribution is 0.234. The summed E-state index contributed by atoms with van der Waals surface area (Å²) < 4.78 is 3.50. The predicted molar refractivity (Wildman–Crippen MR) is 127 cm³/mol. The van der Waals surface area contributed by atoms with Crippen LogP contribution in [0.25, 0.3) is 22.6 Å². The molecule has 1 aliphatic rings. The molecule has 0 aliphatic carbocycles. The summed E-state index contributed by atoms with van der Waals surface area (Å²) >= 11 is 0. The lowest BCUT2D eigenvalue weighted by Gasteiger charge is -2.39. The van der Waals surface area contributed by atoms with Crippen LogP contribution in [-0.2, 0) is 6.42 Å². The Bertz CT molecular complexity index is 1390. The van der Waals surface area contributed by atoms with Crippen LogP contribution in [-0.4, -0.2) is 61.6 Å². The number of fused-ring (bicyclic) bond motifs is 2. The molecule has 5 rings (SSSR count). The number of aryl methyl sites for hydroxylation is 3. The topological polar surface area (TPSA) is 71.0 Å². The van der Waals surface area contributed by atoms with Crippen molar-refractivity contribution in [2.45, 2.75) is 40.2 Å². The van der Waals surface area contributed by atoms with Gasteiger partial charge in [-0.05, 0) is 51.9 Å². The van der Waals surface area contributed by atoms with E-state index >= 15 is 0 Å². The summed E-state index contributed by atoms with van der Waals surface area (Å²) in [6, 6.07) is 6.16. The number of aromatic nitrogens is 5. The van der Waals surface area contributed by atoms with E-state index in [1.807, 2.05) is 36.8 Å². The lowest BCUT2D eigenvalue weighted by Crippen LogP contribution is -2.50. The first kappa shape index (κ1) is 20.6. The van der Waals surface area contributed by atoms with E-state index in [1.54, 1.807) is 10.5 Å². The van der Waals surface area contributed by atoms with Crippen molar-refractivity contribution in [3.63, 3.8) is 0 Å². The van der Waals surface area contributed by atoms with Gasteiger partial charge in [-0.15, -0.1) is 0 Å². The first-order valence-electron chi connectivity index (χ1n) is 11.2. The number of anilines is 1. The fourth-order valence-electron chi connectivity index (χ4n) is 4.51. The van der Waals surface area contributed by atoms with Crippen molar-refractivity contribution < 1.29 is 0 Å². The Balaban J connectivity index is 1.59. The molecule has 1 atom stereocenters. The zero-order valence-corrected chi connectivity index (χ0v) is 19.3. The van der Waals surface area contributed by atoms with Crippen LogP contribution in [0, 0.1) is 13.8 Å². The van der Waals surface area contributed by atoms with Crippen LogP contribution >= 0.6 is 0 Å². The van der Waals surface area contributed by atoms with Gasteiger partial charge in [-0.1, -0.05) is 6.92 Å². The average Bonchev–Trinajstić information content (AvgIpc) is 3.19. The summed E-state index contributed by atoms with van der Waals surface area (Å²) in [6.07, 6.45) is 4.64. The first-order valence-corrected chi connectivity index (χ1v) is 11.2. The zero-order chi connectivity index (χ0) is 22.6. The highest BCUT2D eigenvalue weighted by molar-refractivity contribution is 5.67. The molecule has 0 unspecified atom stereocenters. The van der Waals surface area contributed by atoms with E-state index in [0.717, 1.165) is 54.2 Å². The van der Waals surface area contributed by atoms with Gasteiger partial charge in [-0.3, -0.25) is 14.2 Å². The molecule has 8 heteroatoms. The number of hydrogen-bond acceptors (Lipinski definition) is 6. The van der Waals surface area contributed by atoms with Crippen LogP contribution in [0.3, 0.4) is 0 Å². The first-order chi connectivity index (χ1) is 15.3. The van der Waals surface area contributed by atoms with Crippen LogP contribution in [0.15, 0.2) is 35.4 Å². The maximum absolute atomic E-state index is 13.1. The van der Waals surface area contributed by atoms with Crippen molar-refractivity contribution in [3.05, 3.63) is 57.9 Å². The van der Waals surface area contributed by atoms with Crippen molar-refractivity contribution >= 4 is 16.9 Å². The second-order valence-corrected chi connectivity index (χ2v) is 8.87. The lowest BCUT2D eigenvalue weighted by atomic mass is 10.1. The van der Waals surface area contributed by atoms with Gasteiger partial charge in [0.05, 0.1) is 34.5 Å². The Kier molecular flexibility index (Phi) is 4.97. The van der Waals surface area contributed by atoms with Gasteiger partial charge in [-0.2, -0.15) is 5.10 Å². The second-order valence-electron chi connectivity index (χ2n) is 8.87. The number of hydrogen-bond donors (Lipinski definition) is 0. The summed E-state index contributed by atoms with van der Waals surface area (Å²) in [5.41, 5.74) is 6.73. The van der Waals surface area contributed by atoms with Gasteiger partial charge in [0.1, 0.15) is 11.3 Å². The minimum absolute atomic E-state index is 0.0980. The van der Waals surface area contributed by atoms with Gasteiger partial charge in [0, 0.05) is 37.9 Å². The molecule has 0 N–H and O–H groups in total. The number of rotatable bonds is 3. The fraction of sp³-hybridized carbons (Fsp3) is 0.417. The van der Waals surface area contributed by atoms with Crippen LogP contribution < -0.4 is 10.5 Å². The molecule has 4 aromatic rings. The molecule has 8 nitrogen and oxygen atoms in total.